The standard InChI is InChI=1S/C17H22N4O2/c1-5-21(6-2)17-18-12(3)10-15(20-17)19-14-9-7-8-13(11-14)16(22)23-4/h7-11H,5-6H2,1-4H3,(H,18,19,20). The molecule has 1 aromatic carbocycles. The Kier molecular flexibility index (Phi) is 5.51. The Hall–Kier alpha value is -2.63. The van der Waals surface area contributed by atoms with E-state index < -0.39 is 0 Å². The molecule has 1 N–H and O–H groups in total. The molecule has 0 radical (unpaired) electrons. The first-order valence-corrected chi connectivity index (χ1v) is 7.63. The number of rotatable bonds is 6. The second kappa shape index (κ2) is 7.58. The first-order chi connectivity index (χ1) is 11.1. The molecule has 122 valence electrons. The summed E-state index contributed by atoms with van der Waals surface area (Å²) >= 11 is 0. The van der Waals surface area contributed by atoms with Crippen molar-refractivity contribution in [2.75, 3.05) is 30.4 Å². The Balaban J connectivity index is 2.28. The molecule has 0 saturated carbocycles. The van der Waals surface area contributed by atoms with Gasteiger partial charge in [0.05, 0.1) is 12.7 Å². The zero-order valence-electron chi connectivity index (χ0n) is 14.0. The monoisotopic (exact) mass is 314 g/mol. The van der Waals surface area contributed by atoms with E-state index in [1.165, 1.54) is 7.11 Å². The van der Waals surface area contributed by atoms with Gasteiger partial charge in [-0.1, -0.05) is 6.07 Å². The maximum Gasteiger partial charge on any atom is 0.337 e. The van der Waals surface area contributed by atoms with Crippen LogP contribution in [-0.4, -0.2) is 36.1 Å². The summed E-state index contributed by atoms with van der Waals surface area (Å²) in [5.74, 6) is 1.03. The first kappa shape index (κ1) is 16.7. The lowest BCUT2D eigenvalue weighted by Crippen LogP contribution is -2.24. The molecule has 6 heteroatoms. The van der Waals surface area contributed by atoms with Gasteiger partial charge in [-0.2, -0.15) is 4.98 Å². The number of ether oxygens (including phenoxy) is 1. The number of nitrogens with zero attached hydrogens (tertiary/aromatic N) is 3. The second-order valence-corrected chi connectivity index (χ2v) is 5.06. The highest BCUT2D eigenvalue weighted by atomic mass is 16.5. The predicted molar refractivity (Wildman–Crippen MR) is 91.4 cm³/mol. The highest BCUT2D eigenvalue weighted by Crippen LogP contribution is 2.19. The Bertz CT molecular complexity index is 684. The number of aryl methyl sites for hydroxylation is 1. The van der Waals surface area contributed by atoms with Gasteiger partial charge < -0.3 is 15.0 Å². The van der Waals surface area contributed by atoms with Crippen molar-refractivity contribution < 1.29 is 9.53 Å². The van der Waals surface area contributed by atoms with Crippen molar-refractivity contribution in [2.45, 2.75) is 20.8 Å². The van der Waals surface area contributed by atoms with Crippen LogP contribution in [0.1, 0.15) is 29.9 Å². The normalized spacial score (nSPS) is 10.3. The average Bonchev–Trinajstić information content (AvgIpc) is 2.55. The minimum Gasteiger partial charge on any atom is -0.465 e. The highest BCUT2D eigenvalue weighted by molar-refractivity contribution is 5.90. The summed E-state index contributed by atoms with van der Waals surface area (Å²) in [5, 5.41) is 3.22. The Labute approximate surface area is 136 Å². The van der Waals surface area contributed by atoms with E-state index in [0.717, 1.165) is 24.5 Å². The largest absolute Gasteiger partial charge is 0.465 e. The second-order valence-electron chi connectivity index (χ2n) is 5.06. The van der Waals surface area contributed by atoms with Gasteiger partial charge in [0.2, 0.25) is 5.95 Å². The van der Waals surface area contributed by atoms with E-state index in [9.17, 15) is 4.79 Å². The summed E-state index contributed by atoms with van der Waals surface area (Å²) in [6, 6.07) is 9.00. The number of nitrogens with one attached hydrogen (secondary N) is 1. The smallest absolute Gasteiger partial charge is 0.337 e. The minimum absolute atomic E-state index is 0.364. The summed E-state index contributed by atoms with van der Waals surface area (Å²) in [6.07, 6.45) is 0. The fraction of sp³-hybridized carbons (Fsp3) is 0.353. The Morgan fingerprint density at radius 3 is 2.61 bits per heavy atom. The van der Waals surface area contributed by atoms with Gasteiger partial charge in [0.25, 0.3) is 0 Å². The van der Waals surface area contributed by atoms with E-state index >= 15 is 0 Å². The maximum absolute atomic E-state index is 11.6. The third kappa shape index (κ3) is 4.18. The number of hydrogen-bond donors (Lipinski definition) is 1. The van der Waals surface area contributed by atoms with Crippen molar-refractivity contribution in [3.05, 3.63) is 41.6 Å². The van der Waals surface area contributed by atoms with Crippen molar-refractivity contribution in [3.63, 3.8) is 0 Å². The van der Waals surface area contributed by atoms with E-state index in [0.29, 0.717) is 17.3 Å². The van der Waals surface area contributed by atoms with Crippen LogP contribution >= 0.6 is 0 Å². The lowest BCUT2D eigenvalue weighted by molar-refractivity contribution is 0.0601. The zero-order chi connectivity index (χ0) is 16.8. The number of carbonyl (C=O) groups excluding carboxylic acids is 1. The van der Waals surface area contributed by atoms with Gasteiger partial charge >= 0.3 is 5.97 Å². The van der Waals surface area contributed by atoms with Crippen molar-refractivity contribution in [1.29, 1.82) is 0 Å². The van der Waals surface area contributed by atoms with Crippen LogP contribution in [0.15, 0.2) is 30.3 Å². The quantitative estimate of drug-likeness (QED) is 0.826. The molecule has 0 saturated heterocycles. The molecule has 0 fully saturated rings. The van der Waals surface area contributed by atoms with Gasteiger partial charge in [0.15, 0.2) is 0 Å². The topological polar surface area (TPSA) is 67.4 Å². The molecule has 0 amide bonds. The van der Waals surface area contributed by atoms with Crippen LogP contribution in [0, 0.1) is 6.92 Å². The van der Waals surface area contributed by atoms with Crippen molar-refractivity contribution in [1.82, 2.24) is 9.97 Å². The SMILES string of the molecule is CCN(CC)c1nc(C)cc(Nc2cccc(C(=O)OC)c2)n1. The molecule has 1 heterocycles. The van der Waals surface area contributed by atoms with Gasteiger partial charge in [0.1, 0.15) is 5.82 Å². The van der Waals surface area contributed by atoms with E-state index in [1.807, 2.05) is 19.1 Å². The number of carbonyl (C=O) groups is 1. The third-order valence-corrected chi connectivity index (χ3v) is 3.44. The molecule has 0 aliphatic rings. The summed E-state index contributed by atoms with van der Waals surface area (Å²) in [7, 11) is 1.37. The van der Waals surface area contributed by atoms with Crippen LogP contribution < -0.4 is 10.2 Å². The molecule has 6 nitrogen and oxygen atoms in total. The first-order valence-electron chi connectivity index (χ1n) is 7.63. The van der Waals surface area contributed by atoms with Crippen molar-refractivity contribution in [3.8, 4) is 0 Å². The van der Waals surface area contributed by atoms with Gasteiger partial charge in [-0.15, -0.1) is 0 Å². The molecule has 23 heavy (non-hydrogen) atoms. The van der Waals surface area contributed by atoms with Gasteiger partial charge in [-0.05, 0) is 39.0 Å². The Morgan fingerprint density at radius 1 is 1.22 bits per heavy atom. The molecule has 2 aromatic rings. The molecule has 0 atom stereocenters. The fourth-order valence-electron chi connectivity index (χ4n) is 2.25. The number of methoxy groups -OCH3 is 1. The van der Waals surface area contributed by atoms with E-state index in [4.69, 9.17) is 4.74 Å². The minimum atomic E-state index is -0.364. The predicted octanol–water partition coefficient (Wildman–Crippen LogP) is 3.16. The zero-order valence-corrected chi connectivity index (χ0v) is 14.0. The number of aromatic nitrogens is 2. The third-order valence-electron chi connectivity index (χ3n) is 3.44. The van der Waals surface area contributed by atoms with Gasteiger partial charge in [-0.3, -0.25) is 0 Å². The van der Waals surface area contributed by atoms with Crippen LogP contribution in [0.5, 0.6) is 0 Å². The average molecular weight is 314 g/mol. The number of hydrogen-bond acceptors (Lipinski definition) is 6. The van der Waals surface area contributed by atoms with Crippen LogP contribution in [0.2, 0.25) is 0 Å². The van der Waals surface area contributed by atoms with Crippen LogP contribution in [0.4, 0.5) is 17.5 Å². The molecule has 0 spiro atoms. The molecule has 0 aliphatic heterocycles. The highest BCUT2D eigenvalue weighted by Gasteiger charge is 2.10. The van der Waals surface area contributed by atoms with E-state index in [1.54, 1.807) is 18.2 Å². The summed E-state index contributed by atoms with van der Waals surface area (Å²) in [6.45, 7) is 7.77. The molecule has 2 rings (SSSR count). The lowest BCUT2D eigenvalue weighted by Gasteiger charge is -2.19. The summed E-state index contributed by atoms with van der Waals surface area (Å²) < 4.78 is 4.74. The number of anilines is 3. The number of benzene rings is 1. The van der Waals surface area contributed by atoms with E-state index in [-0.39, 0.29) is 5.97 Å². The van der Waals surface area contributed by atoms with Gasteiger partial charge in [-0.25, -0.2) is 9.78 Å². The molecule has 0 unspecified atom stereocenters. The van der Waals surface area contributed by atoms with Gasteiger partial charge in [0, 0.05) is 30.5 Å². The van der Waals surface area contributed by atoms with Crippen molar-refractivity contribution >= 4 is 23.4 Å². The lowest BCUT2D eigenvalue weighted by atomic mass is 10.2. The molecule has 0 aliphatic carbocycles. The maximum atomic E-state index is 11.6. The molecule has 1 aromatic heterocycles. The number of esters is 1. The summed E-state index contributed by atoms with van der Waals surface area (Å²) in [4.78, 5) is 22.7. The van der Waals surface area contributed by atoms with Crippen molar-refractivity contribution in [2.24, 2.45) is 0 Å². The van der Waals surface area contributed by atoms with E-state index in [2.05, 4.69) is 34.0 Å². The van der Waals surface area contributed by atoms with Crippen LogP contribution in [0.3, 0.4) is 0 Å². The Morgan fingerprint density at radius 2 is 1.96 bits per heavy atom. The van der Waals surface area contributed by atoms with Crippen LogP contribution in [0.25, 0.3) is 0 Å². The van der Waals surface area contributed by atoms with Crippen LogP contribution in [-0.2, 0) is 4.74 Å². The summed E-state index contributed by atoms with van der Waals surface area (Å²) in [5.41, 5.74) is 2.15. The molecular formula is C17H22N4O2. The fourth-order valence-corrected chi connectivity index (χ4v) is 2.25. The molecular weight excluding hydrogens is 292 g/mol. The molecule has 0 bridgehead atoms.